The number of halogens is 4. The molecule has 118 valence electrons. The van der Waals surface area contributed by atoms with Gasteiger partial charge in [-0.25, -0.2) is 0 Å². The van der Waals surface area contributed by atoms with Crippen molar-refractivity contribution in [3.05, 3.63) is 46.5 Å². The lowest BCUT2D eigenvalue weighted by atomic mass is 9.95. The molecule has 0 heterocycles. The summed E-state index contributed by atoms with van der Waals surface area (Å²) in [6.07, 6.45) is 0.625. The number of alkyl halides is 3. The Kier molecular flexibility index (Phi) is 7.46. The molecule has 0 bridgehead atoms. The van der Waals surface area contributed by atoms with Crippen LogP contribution < -0.4 is 5.32 Å². The number of nitrogens with one attached hydrogen (secondary N) is 1. The topological polar surface area (TPSA) is 12.0 Å². The van der Waals surface area contributed by atoms with E-state index >= 15 is 0 Å². The van der Waals surface area contributed by atoms with Gasteiger partial charge >= 0.3 is 6.18 Å². The van der Waals surface area contributed by atoms with E-state index in [1.54, 1.807) is 18.2 Å². The van der Waals surface area contributed by atoms with Gasteiger partial charge < -0.3 is 5.32 Å². The van der Waals surface area contributed by atoms with Gasteiger partial charge in [0.2, 0.25) is 0 Å². The van der Waals surface area contributed by atoms with Crippen LogP contribution in [-0.4, -0.2) is 6.54 Å². The summed E-state index contributed by atoms with van der Waals surface area (Å²) in [5, 5.41) is 3.23. The van der Waals surface area contributed by atoms with Crippen LogP contribution in [0, 0.1) is 0 Å². The lowest BCUT2D eigenvalue weighted by Crippen LogP contribution is -2.25. The zero-order valence-electron chi connectivity index (χ0n) is 12.1. The van der Waals surface area contributed by atoms with Crippen molar-refractivity contribution < 1.29 is 13.2 Å². The third kappa shape index (κ3) is 5.83. The Morgan fingerprint density at radius 3 is 2.67 bits per heavy atom. The molecule has 0 saturated heterocycles. The van der Waals surface area contributed by atoms with Gasteiger partial charge in [0.25, 0.3) is 0 Å². The molecule has 0 spiro atoms. The zero-order valence-corrected chi connectivity index (χ0v) is 13.7. The molecule has 0 radical (unpaired) electrons. The van der Waals surface area contributed by atoms with Crippen LogP contribution in [0.2, 0.25) is 0 Å². The van der Waals surface area contributed by atoms with Crippen LogP contribution >= 0.6 is 15.9 Å². The van der Waals surface area contributed by atoms with Gasteiger partial charge in [0.05, 0.1) is 5.56 Å². The first kappa shape index (κ1) is 18.2. The maximum Gasteiger partial charge on any atom is 0.416 e. The van der Waals surface area contributed by atoms with Crippen LogP contribution in [0.15, 0.2) is 35.3 Å². The Bertz CT molecular complexity index is 457. The van der Waals surface area contributed by atoms with Crippen molar-refractivity contribution >= 4 is 15.9 Å². The van der Waals surface area contributed by atoms with Crippen molar-refractivity contribution in [3.63, 3.8) is 0 Å². The van der Waals surface area contributed by atoms with E-state index in [0.29, 0.717) is 23.0 Å². The third-order valence-electron chi connectivity index (χ3n) is 3.24. The van der Waals surface area contributed by atoms with Crippen molar-refractivity contribution in [2.75, 3.05) is 6.54 Å². The van der Waals surface area contributed by atoms with Gasteiger partial charge in [0.1, 0.15) is 0 Å². The molecule has 1 rings (SSSR count). The highest BCUT2D eigenvalue weighted by Gasteiger charge is 2.35. The van der Waals surface area contributed by atoms with Crippen LogP contribution in [-0.2, 0) is 6.18 Å². The standard InChI is InChI=1S/C16H21BrF3N/c1-3-5-6-7-15(21-10-4-2)13-9-8-12(17)11-14(13)16(18,19)20/h3,8-9,11,15,21H,1,4-7,10H2,2H3. The van der Waals surface area contributed by atoms with Gasteiger partial charge in [-0.2, -0.15) is 13.2 Å². The first-order chi connectivity index (χ1) is 9.90. The predicted molar refractivity (Wildman–Crippen MR) is 84.2 cm³/mol. The molecule has 0 amide bonds. The van der Waals surface area contributed by atoms with Crippen LogP contribution in [0.1, 0.15) is 49.8 Å². The van der Waals surface area contributed by atoms with Crippen molar-refractivity contribution in [1.29, 1.82) is 0 Å². The summed E-state index contributed by atoms with van der Waals surface area (Å²) in [6, 6.07) is 4.10. The smallest absolute Gasteiger partial charge is 0.310 e. The van der Waals surface area contributed by atoms with Gasteiger partial charge in [-0.3, -0.25) is 0 Å². The minimum absolute atomic E-state index is 0.283. The number of hydrogen-bond acceptors (Lipinski definition) is 1. The predicted octanol–water partition coefficient (Wildman–Crippen LogP) is 5.86. The van der Waals surface area contributed by atoms with Crippen LogP contribution in [0.3, 0.4) is 0 Å². The Labute approximate surface area is 132 Å². The van der Waals surface area contributed by atoms with Gasteiger partial charge in [-0.1, -0.05) is 35.0 Å². The number of unbranched alkanes of at least 4 members (excludes halogenated alkanes) is 1. The molecule has 5 heteroatoms. The van der Waals surface area contributed by atoms with E-state index in [0.717, 1.165) is 25.3 Å². The SMILES string of the molecule is C=CCCCC(NCCC)c1ccc(Br)cc1C(F)(F)F. The molecule has 0 fully saturated rings. The molecule has 0 aliphatic heterocycles. The molecule has 1 unspecified atom stereocenters. The Morgan fingerprint density at radius 1 is 1.38 bits per heavy atom. The molecule has 1 N–H and O–H groups in total. The minimum atomic E-state index is -4.34. The summed E-state index contributed by atoms with van der Waals surface area (Å²) in [5.74, 6) is 0. The van der Waals surface area contributed by atoms with Crippen LogP contribution in [0.5, 0.6) is 0 Å². The van der Waals surface area contributed by atoms with E-state index in [-0.39, 0.29) is 6.04 Å². The molecule has 1 nitrogen and oxygen atoms in total. The number of hydrogen-bond donors (Lipinski definition) is 1. The molecule has 0 aliphatic carbocycles. The summed E-state index contributed by atoms with van der Waals surface area (Å²) in [4.78, 5) is 0. The fraction of sp³-hybridized carbons (Fsp3) is 0.500. The maximum absolute atomic E-state index is 13.2. The number of allylic oxidation sites excluding steroid dienone is 1. The summed E-state index contributed by atoms with van der Waals surface area (Å²) in [5.41, 5.74) is -0.243. The average molecular weight is 364 g/mol. The number of benzene rings is 1. The maximum atomic E-state index is 13.2. The quantitative estimate of drug-likeness (QED) is 0.450. The Hall–Kier alpha value is -0.810. The molecular weight excluding hydrogens is 343 g/mol. The molecule has 0 aliphatic rings. The largest absolute Gasteiger partial charge is 0.416 e. The highest BCUT2D eigenvalue weighted by atomic mass is 79.9. The minimum Gasteiger partial charge on any atom is -0.310 e. The Balaban J connectivity index is 3.07. The normalized spacial score (nSPS) is 13.2. The fourth-order valence-electron chi connectivity index (χ4n) is 2.23. The third-order valence-corrected chi connectivity index (χ3v) is 3.73. The van der Waals surface area contributed by atoms with Gasteiger partial charge in [0, 0.05) is 10.5 Å². The van der Waals surface area contributed by atoms with Gasteiger partial charge in [-0.05, 0) is 49.9 Å². The number of rotatable bonds is 8. The average Bonchev–Trinajstić information content (AvgIpc) is 2.42. The lowest BCUT2D eigenvalue weighted by molar-refractivity contribution is -0.138. The van der Waals surface area contributed by atoms with Gasteiger partial charge in [-0.15, -0.1) is 6.58 Å². The molecule has 0 aromatic heterocycles. The van der Waals surface area contributed by atoms with Crippen LogP contribution in [0.4, 0.5) is 13.2 Å². The zero-order chi connectivity index (χ0) is 15.9. The highest BCUT2D eigenvalue weighted by molar-refractivity contribution is 9.10. The molecule has 21 heavy (non-hydrogen) atoms. The first-order valence-electron chi connectivity index (χ1n) is 7.11. The van der Waals surface area contributed by atoms with Crippen molar-refractivity contribution in [2.24, 2.45) is 0 Å². The van der Waals surface area contributed by atoms with Crippen molar-refractivity contribution in [3.8, 4) is 0 Å². The fourth-order valence-corrected chi connectivity index (χ4v) is 2.59. The molecular formula is C16H21BrF3N. The van der Waals surface area contributed by atoms with E-state index < -0.39 is 11.7 Å². The Morgan fingerprint density at radius 2 is 2.10 bits per heavy atom. The highest BCUT2D eigenvalue weighted by Crippen LogP contribution is 2.37. The van der Waals surface area contributed by atoms with Crippen molar-refractivity contribution in [2.45, 2.75) is 44.8 Å². The van der Waals surface area contributed by atoms with Gasteiger partial charge in [0.15, 0.2) is 0 Å². The van der Waals surface area contributed by atoms with E-state index in [2.05, 4.69) is 27.8 Å². The summed E-state index contributed by atoms with van der Waals surface area (Å²) >= 11 is 3.12. The second kappa shape index (κ2) is 8.59. The first-order valence-corrected chi connectivity index (χ1v) is 7.90. The summed E-state index contributed by atoms with van der Waals surface area (Å²) < 4.78 is 40.1. The van der Waals surface area contributed by atoms with E-state index in [1.165, 1.54) is 0 Å². The van der Waals surface area contributed by atoms with E-state index in [4.69, 9.17) is 0 Å². The van der Waals surface area contributed by atoms with E-state index in [1.807, 2.05) is 6.92 Å². The molecule has 1 aromatic rings. The monoisotopic (exact) mass is 363 g/mol. The molecule has 1 atom stereocenters. The summed E-state index contributed by atoms with van der Waals surface area (Å²) in [6.45, 7) is 6.35. The second-order valence-electron chi connectivity index (χ2n) is 4.96. The van der Waals surface area contributed by atoms with Crippen molar-refractivity contribution in [1.82, 2.24) is 5.32 Å². The lowest BCUT2D eigenvalue weighted by Gasteiger charge is -2.23. The molecule has 1 aromatic carbocycles. The van der Waals surface area contributed by atoms with Crippen LogP contribution in [0.25, 0.3) is 0 Å². The second-order valence-corrected chi connectivity index (χ2v) is 5.87. The van der Waals surface area contributed by atoms with E-state index in [9.17, 15) is 13.2 Å². The molecule has 0 saturated carbocycles. The summed E-state index contributed by atoms with van der Waals surface area (Å²) in [7, 11) is 0.